The van der Waals surface area contributed by atoms with Crippen LogP contribution in [0, 0.1) is 24.7 Å². The van der Waals surface area contributed by atoms with Crippen molar-refractivity contribution in [1.29, 1.82) is 0 Å². The molecule has 1 aliphatic carbocycles. The molecule has 3 atom stereocenters. The third-order valence-corrected chi connectivity index (χ3v) is 4.41. The Labute approximate surface area is 117 Å². The predicted molar refractivity (Wildman–Crippen MR) is 77.6 cm³/mol. The van der Waals surface area contributed by atoms with Gasteiger partial charge in [0.15, 0.2) is 12.4 Å². The van der Waals surface area contributed by atoms with Crippen molar-refractivity contribution in [2.75, 3.05) is 0 Å². The van der Waals surface area contributed by atoms with Crippen molar-refractivity contribution in [3.05, 3.63) is 30.1 Å². The molecular weight excluding hydrogens is 234 g/mol. The number of rotatable bonds is 4. The minimum Gasteiger partial charge on any atom is -0.320 e. The Morgan fingerprint density at radius 3 is 2.84 bits per heavy atom. The highest BCUT2D eigenvalue weighted by Crippen LogP contribution is 2.35. The fourth-order valence-electron chi connectivity index (χ4n) is 3.22. The molecule has 1 aromatic heterocycles. The quantitative estimate of drug-likeness (QED) is 0.754. The molecule has 0 amide bonds. The van der Waals surface area contributed by atoms with E-state index in [9.17, 15) is 0 Å². The largest absolute Gasteiger partial charge is 0.320 e. The van der Waals surface area contributed by atoms with Crippen LogP contribution in [0.1, 0.15) is 45.6 Å². The van der Waals surface area contributed by atoms with Gasteiger partial charge in [-0.1, -0.05) is 27.2 Å². The van der Waals surface area contributed by atoms with Crippen molar-refractivity contribution in [2.24, 2.45) is 17.8 Å². The van der Waals surface area contributed by atoms with E-state index in [1.54, 1.807) is 0 Å². The molecule has 0 N–H and O–H groups in total. The summed E-state index contributed by atoms with van der Waals surface area (Å²) >= 11 is 0. The summed E-state index contributed by atoms with van der Waals surface area (Å²) in [5.41, 5.74) is 1.28. The Balaban J connectivity index is 1.95. The molecule has 2 rings (SSSR count). The maximum atomic E-state index is 6.23. The van der Waals surface area contributed by atoms with Crippen molar-refractivity contribution in [3.8, 4) is 0 Å². The SMILES string of the molecule is Cc1ccc[n+](CO[C@H]2C[C@@H](C)CC[C@H]2C(C)C)c1. The van der Waals surface area contributed by atoms with Gasteiger partial charge in [-0.2, -0.15) is 4.57 Å². The summed E-state index contributed by atoms with van der Waals surface area (Å²) in [4.78, 5) is 0. The number of ether oxygens (including phenoxy) is 1. The van der Waals surface area contributed by atoms with E-state index in [4.69, 9.17) is 4.74 Å². The lowest BCUT2D eigenvalue weighted by Crippen LogP contribution is -2.41. The van der Waals surface area contributed by atoms with Crippen LogP contribution >= 0.6 is 0 Å². The van der Waals surface area contributed by atoms with E-state index >= 15 is 0 Å². The van der Waals surface area contributed by atoms with E-state index in [-0.39, 0.29) is 0 Å². The normalized spacial score (nSPS) is 27.7. The Bertz CT molecular complexity index is 402. The van der Waals surface area contributed by atoms with Crippen molar-refractivity contribution in [3.63, 3.8) is 0 Å². The van der Waals surface area contributed by atoms with Gasteiger partial charge in [-0.3, -0.25) is 0 Å². The van der Waals surface area contributed by atoms with E-state index in [0.29, 0.717) is 12.8 Å². The first kappa shape index (κ1) is 14.5. The second kappa shape index (κ2) is 6.51. The molecule has 0 spiro atoms. The van der Waals surface area contributed by atoms with Crippen LogP contribution in [0.5, 0.6) is 0 Å². The molecule has 0 aromatic carbocycles. The van der Waals surface area contributed by atoms with Gasteiger partial charge in [-0.15, -0.1) is 0 Å². The molecule has 1 saturated carbocycles. The number of aromatic nitrogens is 1. The third kappa shape index (κ3) is 4.04. The summed E-state index contributed by atoms with van der Waals surface area (Å²) in [6.45, 7) is 9.82. The number of pyridine rings is 1. The summed E-state index contributed by atoms with van der Waals surface area (Å²) in [6, 6.07) is 4.21. The smallest absolute Gasteiger partial charge is 0.252 e. The number of nitrogens with zero attached hydrogens (tertiary/aromatic N) is 1. The Morgan fingerprint density at radius 2 is 2.16 bits per heavy atom. The average molecular weight is 262 g/mol. The molecular formula is C17H28NO+. The first-order valence-corrected chi connectivity index (χ1v) is 7.63. The van der Waals surface area contributed by atoms with Gasteiger partial charge >= 0.3 is 0 Å². The molecule has 0 unspecified atom stereocenters. The van der Waals surface area contributed by atoms with Gasteiger partial charge in [-0.25, -0.2) is 0 Å². The van der Waals surface area contributed by atoms with Crippen molar-refractivity contribution in [1.82, 2.24) is 0 Å². The molecule has 1 fully saturated rings. The molecule has 0 bridgehead atoms. The average Bonchev–Trinajstić information content (AvgIpc) is 2.36. The predicted octanol–water partition coefficient (Wildman–Crippen LogP) is 3.72. The highest BCUT2D eigenvalue weighted by Gasteiger charge is 2.31. The lowest BCUT2D eigenvalue weighted by Gasteiger charge is -2.36. The van der Waals surface area contributed by atoms with Gasteiger partial charge in [0.05, 0.1) is 6.10 Å². The molecule has 1 aliphatic rings. The van der Waals surface area contributed by atoms with Crippen LogP contribution in [0.2, 0.25) is 0 Å². The second-order valence-corrected chi connectivity index (χ2v) is 6.56. The van der Waals surface area contributed by atoms with Crippen molar-refractivity contribution in [2.45, 2.75) is 59.8 Å². The highest BCUT2D eigenvalue weighted by atomic mass is 16.5. The van der Waals surface area contributed by atoms with Crippen LogP contribution in [0.25, 0.3) is 0 Å². The van der Waals surface area contributed by atoms with Gasteiger partial charge in [0.25, 0.3) is 6.73 Å². The minimum atomic E-state index is 0.428. The maximum Gasteiger partial charge on any atom is 0.252 e. The van der Waals surface area contributed by atoms with E-state index < -0.39 is 0 Å². The Hall–Kier alpha value is -0.890. The van der Waals surface area contributed by atoms with Gasteiger partial charge in [0.2, 0.25) is 0 Å². The summed E-state index contributed by atoms with van der Waals surface area (Å²) in [6.07, 6.45) is 8.56. The third-order valence-electron chi connectivity index (χ3n) is 4.41. The summed E-state index contributed by atoms with van der Waals surface area (Å²) in [5.74, 6) is 2.25. The van der Waals surface area contributed by atoms with Gasteiger partial charge in [-0.05, 0) is 43.6 Å². The molecule has 1 heterocycles. The van der Waals surface area contributed by atoms with Crippen LogP contribution in [-0.2, 0) is 11.5 Å². The summed E-state index contributed by atoms with van der Waals surface area (Å²) in [5, 5.41) is 0. The summed E-state index contributed by atoms with van der Waals surface area (Å²) < 4.78 is 8.38. The van der Waals surface area contributed by atoms with E-state index in [1.807, 2.05) is 0 Å². The maximum absolute atomic E-state index is 6.23. The Morgan fingerprint density at radius 1 is 1.37 bits per heavy atom. The van der Waals surface area contributed by atoms with Crippen molar-refractivity contribution >= 4 is 0 Å². The zero-order valence-corrected chi connectivity index (χ0v) is 12.8. The van der Waals surface area contributed by atoms with Crippen LogP contribution in [0.3, 0.4) is 0 Å². The zero-order valence-electron chi connectivity index (χ0n) is 12.8. The van der Waals surface area contributed by atoms with E-state index in [1.165, 1.54) is 24.8 Å². The lowest BCUT2D eigenvalue weighted by molar-refractivity contribution is -0.735. The van der Waals surface area contributed by atoms with Crippen LogP contribution in [0.4, 0.5) is 0 Å². The van der Waals surface area contributed by atoms with Crippen LogP contribution in [0.15, 0.2) is 24.5 Å². The van der Waals surface area contributed by atoms with E-state index in [0.717, 1.165) is 17.8 Å². The minimum absolute atomic E-state index is 0.428. The van der Waals surface area contributed by atoms with Gasteiger partial charge in [0.1, 0.15) is 0 Å². The van der Waals surface area contributed by atoms with Gasteiger partial charge < -0.3 is 4.74 Å². The standard InChI is InChI=1S/C17H28NO/c1-13(2)16-8-7-14(3)10-17(16)19-12-18-9-5-6-15(4)11-18/h5-6,9,11,13-14,16-17H,7-8,10,12H2,1-4H3/q+1/t14-,16-,17-/m0/s1. The molecule has 106 valence electrons. The lowest BCUT2D eigenvalue weighted by atomic mass is 9.75. The fourth-order valence-corrected chi connectivity index (χ4v) is 3.22. The number of hydrogen-bond acceptors (Lipinski definition) is 1. The Kier molecular flexibility index (Phi) is 4.98. The second-order valence-electron chi connectivity index (χ2n) is 6.56. The highest BCUT2D eigenvalue weighted by molar-refractivity contribution is 5.01. The van der Waals surface area contributed by atoms with Crippen LogP contribution < -0.4 is 4.57 Å². The topological polar surface area (TPSA) is 13.1 Å². The van der Waals surface area contributed by atoms with Gasteiger partial charge in [0, 0.05) is 11.6 Å². The zero-order chi connectivity index (χ0) is 13.8. The molecule has 0 aliphatic heterocycles. The number of hydrogen-bond donors (Lipinski definition) is 0. The summed E-state index contributed by atoms with van der Waals surface area (Å²) in [7, 11) is 0. The molecule has 1 aromatic rings. The van der Waals surface area contributed by atoms with E-state index in [2.05, 4.69) is 56.8 Å². The molecule has 19 heavy (non-hydrogen) atoms. The van der Waals surface area contributed by atoms with Crippen LogP contribution in [-0.4, -0.2) is 6.10 Å². The molecule has 0 radical (unpaired) electrons. The van der Waals surface area contributed by atoms with Crippen molar-refractivity contribution < 1.29 is 9.30 Å². The molecule has 2 nitrogen and oxygen atoms in total. The molecule has 2 heteroatoms. The number of aryl methyl sites for hydroxylation is 1. The monoisotopic (exact) mass is 262 g/mol. The fraction of sp³-hybridized carbons (Fsp3) is 0.706. The molecule has 0 saturated heterocycles. The first-order valence-electron chi connectivity index (χ1n) is 7.63. The first-order chi connectivity index (χ1) is 9.06.